The minimum atomic E-state index is -3.42. The van der Waals surface area contributed by atoms with Crippen LogP contribution in [0.1, 0.15) is 37.8 Å². The lowest BCUT2D eigenvalue weighted by atomic mass is 9.97. The van der Waals surface area contributed by atoms with Gasteiger partial charge in [0.15, 0.2) is 0 Å². The zero-order chi connectivity index (χ0) is 14.9. The quantitative estimate of drug-likeness (QED) is 0.930. The van der Waals surface area contributed by atoms with E-state index in [-0.39, 0.29) is 6.04 Å². The lowest BCUT2D eigenvalue weighted by molar-refractivity contribution is 0.218. The van der Waals surface area contributed by atoms with Crippen molar-refractivity contribution in [3.05, 3.63) is 29.3 Å². The van der Waals surface area contributed by atoms with Crippen LogP contribution in [0, 0.1) is 12.8 Å². The van der Waals surface area contributed by atoms with Crippen LogP contribution < -0.4 is 5.73 Å². The molecule has 0 radical (unpaired) electrons. The molecule has 1 fully saturated rings. The van der Waals surface area contributed by atoms with Gasteiger partial charge in [0.1, 0.15) is 0 Å². The molecule has 0 aromatic heterocycles. The van der Waals surface area contributed by atoms with E-state index >= 15 is 0 Å². The highest BCUT2D eigenvalue weighted by Gasteiger charge is 2.33. The minimum Gasteiger partial charge on any atom is -0.326 e. The molecule has 5 heteroatoms. The number of nitrogens with zero attached hydrogens (tertiary/aromatic N) is 1. The molecule has 0 spiro atoms. The van der Waals surface area contributed by atoms with Crippen LogP contribution in [0.3, 0.4) is 0 Å². The molecule has 2 atom stereocenters. The van der Waals surface area contributed by atoms with Gasteiger partial charge in [-0.15, -0.1) is 0 Å². The number of aryl methyl sites for hydroxylation is 1. The fourth-order valence-corrected chi connectivity index (χ4v) is 4.58. The first-order chi connectivity index (χ1) is 9.36. The van der Waals surface area contributed by atoms with Gasteiger partial charge in [-0.05, 0) is 55.9 Å². The Balaban J connectivity index is 2.39. The third-order valence-corrected chi connectivity index (χ3v) is 6.18. The van der Waals surface area contributed by atoms with Crippen LogP contribution in [0.5, 0.6) is 0 Å². The molecule has 1 saturated heterocycles. The molecule has 0 aliphatic carbocycles. The third kappa shape index (κ3) is 2.90. The van der Waals surface area contributed by atoms with Crippen LogP contribution in [0.15, 0.2) is 23.1 Å². The van der Waals surface area contributed by atoms with Crippen molar-refractivity contribution in [1.29, 1.82) is 0 Å². The lowest BCUT2D eigenvalue weighted by Crippen LogP contribution is -2.44. The molecule has 1 aromatic carbocycles. The summed E-state index contributed by atoms with van der Waals surface area (Å²) in [6.07, 6.45) is 2.02. The van der Waals surface area contributed by atoms with Crippen LogP contribution in [-0.4, -0.2) is 25.3 Å². The predicted octanol–water partition coefficient (Wildman–Crippen LogP) is 2.26. The van der Waals surface area contributed by atoms with Crippen molar-refractivity contribution in [1.82, 2.24) is 4.31 Å². The van der Waals surface area contributed by atoms with Crippen molar-refractivity contribution in [3.63, 3.8) is 0 Å². The molecule has 1 aromatic rings. The summed E-state index contributed by atoms with van der Waals surface area (Å²) < 4.78 is 27.3. The molecule has 1 aliphatic rings. The minimum absolute atomic E-state index is 0.0684. The average Bonchev–Trinajstić information content (AvgIpc) is 2.41. The first-order valence-corrected chi connectivity index (χ1v) is 8.61. The van der Waals surface area contributed by atoms with Crippen LogP contribution in [0.4, 0.5) is 0 Å². The van der Waals surface area contributed by atoms with Gasteiger partial charge in [-0.1, -0.05) is 13.0 Å². The van der Waals surface area contributed by atoms with E-state index < -0.39 is 10.0 Å². The second kappa shape index (κ2) is 5.84. The van der Waals surface area contributed by atoms with E-state index in [1.165, 1.54) is 0 Å². The average molecular weight is 296 g/mol. The molecule has 112 valence electrons. The molecule has 0 amide bonds. The molecule has 1 aliphatic heterocycles. The van der Waals surface area contributed by atoms with Crippen LogP contribution in [0.25, 0.3) is 0 Å². The number of piperidine rings is 1. The predicted molar refractivity (Wildman–Crippen MR) is 80.8 cm³/mol. The van der Waals surface area contributed by atoms with E-state index in [0.29, 0.717) is 23.9 Å². The Labute approximate surface area is 122 Å². The van der Waals surface area contributed by atoms with E-state index in [0.717, 1.165) is 24.0 Å². The summed E-state index contributed by atoms with van der Waals surface area (Å²) in [6, 6.07) is 5.32. The fraction of sp³-hybridized carbons (Fsp3) is 0.600. The van der Waals surface area contributed by atoms with Gasteiger partial charge >= 0.3 is 0 Å². The number of nitrogens with two attached hydrogens (primary N) is 1. The zero-order valence-corrected chi connectivity index (χ0v) is 13.3. The van der Waals surface area contributed by atoms with Crippen molar-refractivity contribution in [2.75, 3.05) is 6.54 Å². The van der Waals surface area contributed by atoms with E-state index in [1.54, 1.807) is 16.4 Å². The van der Waals surface area contributed by atoms with Gasteiger partial charge < -0.3 is 5.73 Å². The van der Waals surface area contributed by atoms with Gasteiger partial charge in [0.05, 0.1) is 4.90 Å². The van der Waals surface area contributed by atoms with Crippen molar-refractivity contribution < 1.29 is 8.42 Å². The number of benzene rings is 1. The van der Waals surface area contributed by atoms with Gasteiger partial charge in [0, 0.05) is 19.1 Å². The number of rotatable bonds is 3. The maximum absolute atomic E-state index is 12.8. The summed E-state index contributed by atoms with van der Waals surface area (Å²) in [5.41, 5.74) is 7.61. The maximum atomic E-state index is 12.8. The first kappa shape index (κ1) is 15.5. The molecule has 0 bridgehead atoms. The molecule has 0 saturated carbocycles. The summed E-state index contributed by atoms with van der Waals surface area (Å²) in [5.74, 6) is 0.417. The number of hydrogen-bond acceptors (Lipinski definition) is 3. The second-order valence-corrected chi connectivity index (χ2v) is 7.79. The van der Waals surface area contributed by atoms with E-state index in [9.17, 15) is 8.42 Å². The Kier molecular flexibility index (Phi) is 4.52. The molecule has 2 unspecified atom stereocenters. The highest BCUT2D eigenvalue weighted by Crippen LogP contribution is 2.28. The number of sulfonamides is 1. The highest BCUT2D eigenvalue weighted by molar-refractivity contribution is 7.89. The summed E-state index contributed by atoms with van der Waals surface area (Å²) in [4.78, 5) is 0.365. The van der Waals surface area contributed by atoms with Crippen LogP contribution in [-0.2, 0) is 16.6 Å². The van der Waals surface area contributed by atoms with Crippen LogP contribution in [0.2, 0.25) is 0 Å². The largest absolute Gasteiger partial charge is 0.326 e. The topological polar surface area (TPSA) is 63.4 Å². The maximum Gasteiger partial charge on any atom is 0.243 e. The Morgan fingerprint density at radius 2 is 2.00 bits per heavy atom. The first-order valence-electron chi connectivity index (χ1n) is 7.17. The van der Waals surface area contributed by atoms with E-state index in [4.69, 9.17) is 5.73 Å². The Bertz CT molecular complexity index is 584. The summed E-state index contributed by atoms with van der Waals surface area (Å²) in [7, 11) is -3.42. The summed E-state index contributed by atoms with van der Waals surface area (Å²) >= 11 is 0. The summed E-state index contributed by atoms with van der Waals surface area (Å²) in [5, 5.41) is 0. The third-order valence-electron chi connectivity index (χ3n) is 4.21. The SMILES string of the molecule is Cc1ccc(S(=O)(=O)N2CC(C)CCC2C)cc1CN. The van der Waals surface area contributed by atoms with Gasteiger partial charge in [-0.25, -0.2) is 8.42 Å². The van der Waals surface area contributed by atoms with Crippen molar-refractivity contribution >= 4 is 10.0 Å². The second-order valence-electron chi connectivity index (χ2n) is 5.90. The normalized spacial score (nSPS) is 24.8. The van der Waals surface area contributed by atoms with Crippen LogP contribution >= 0.6 is 0 Å². The molecule has 1 heterocycles. The highest BCUT2D eigenvalue weighted by atomic mass is 32.2. The molecule has 2 rings (SSSR count). The number of hydrogen-bond donors (Lipinski definition) is 1. The molecule has 2 N–H and O–H groups in total. The monoisotopic (exact) mass is 296 g/mol. The van der Waals surface area contributed by atoms with Gasteiger partial charge in [-0.3, -0.25) is 0 Å². The van der Waals surface area contributed by atoms with Crippen molar-refractivity contribution in [3.8, 4) is 0 Å². The fourth-order valence-electron chi connectivity index (χ4n) is 2.75. The Morgan fingerprint density at radius 3 is 2.65 bits per heavy atom. The smallest absolute Gasteiger partial charge is 0.243 e. The van der Waals surface area contributed by atoms with Crippen molar-refractivity contribution in [2.24, 2.45) is 11.7 Å². The van der Waals surface area contributed by atoms with Gasteiger partial charge in [-0.2, -0.15) is 4.31 Å². The Hall–Kier alpha value is -0.910. The van der Waals surface area contributed by atoms with Gasteiger partial charge in [0.2, 0.25) is 10.0 Å². The van der Waals surface area contributed by atoms with E-state index in [1.807, 2.05) is 19.9 Å². The standard InChI is InChI=1S/C15H24N2O2S/c1-11-4-6-13(3)17(10-11)20(18,19)15-7-5-12(2)14(8-15)9-16/h5,7-8,11,13H,4,6,9-10,16H2,1-3H3. The molecular formula is C15H24N2O2S. The Morgan fingerprint density at radius 1 is 1.30 bits per heavy atom. The molecule has 4 nitrogen and oxygen atoms in total. The summed E-state index contributed by atoms with van der Waals surface area (Å²) in [6.45, 7) is 7.01. The lowest BCUT2D eigenvalue weighted by Gasteiger charge is -2.35. The molecule has 20 heavy (non-hydrogen) atoms. The molecular weight excluding hydrogens is 272 g/mol. The van der Waals surface area contributed by atoms with E-state index in [2.05, 4.69) is 6.92 Å². The van der Waals surface area contributed by atoms with Gasteiger partial charge in [0.25, 0.3) is 0 Å². The zero-order valence-electron chi connectivity index (χ0n) is 12.5. The van der Waals surface area contributed by atoms with Crippen molar-refractivity contribution in [2.45, 2.75) is 51.1 Å².